The van der Waals surface area contributed by atoms with Gasteiger partial charge in [-0.1, -0.05) is 6.92 Å². The maximum Gasteiger partial charge on any atom is 0.242 e. The number of nitrogen functional groups attached to an aromatic ring is 1. The van der Waals surface area contributed by atoms with E-state index >= 15 is 0 Å². The molecule has 1 aromatic rings. The Balaban J connectivity index is 2.80. The van der Waals surface area contributed by atoms with Crippen molar-refractivity contribution in [3.63, 3.8) is 0 Å². The quantitative estimate of drug-likeness (QED) is 0.746. The molecule has 0 aliphatic heterocycles. The lowest BCUT2D eigenvalue weighted by Gasteiger charge is -2.08. The minimum absolute atomic E-state index is 0.0265. The molecule has 1 atom stereocenters. The van der Waals surface area contributed by atoms with E-state index in [-0.39, 0.29) is 22.9 Å². The molecule has 0 amide bonds. The smallest absolute Gasteiger partial charge is 0.242 e. The molecule has 5 nitrogen and oxygen atoms in total. The Morgan fingerprint density at radius 1 is 1.44 bits per heavy atom. The van der Waals surface area contributed by atoms with Crippen LogP contribution in [0.5, 0.6) is 0 Å². The van der Waals surface area contributed by atoms with Gasteiger partial charge in [0, 0.05) is 28.9 Å². The van der Waals surface area contributed by atoms with Crippen LogP contribution in [-0.4, -0.2) is 30.7 Å². The number of nitrogens with one attached hydrogen (secondary N) is 1. The first kappa shape index (κ1) is 15.1. The molecule has 1 rings (SSSR count). The first-order chi connectivity index (χ1) is 8.36. The summed E-state index contributed by atoms with van der Waals surface area (Å²) in [6, 6.07) is 3.13. The van der Waals surface area contributed by atoms with Crippen LogP contribution in [0, 0.1) is 5.82 Å². The fraction of sp³-hybridized carbons (Fsp3) is 0.400. The molecule has 0 radical (unpaired) electrons. The monoisotopic (exact) mass is 294 g/mol. The third-order valence-electron chi connectivity index (χ3n) is 2.21. The summed E-state index contributed by atoms with van der Waals surface area (Å²) >= 11 is 0. The van der Waals surface area contributed by atoms with Gasteiger partial charge in [0.15, 0.2) is 0 Å². The topological polar surface area (TPSA) is 89.3 Å². The van der Waals surface area contributed by atoms with Crippen molar-refractivity contribution in [2.45, 2.75) is 11.8 Å². The zero-order valence-corrected chi connectivity index (χ0v) is 11.5. The van der Waals surface area contributed by atoms with Gasteiger partial charge in [-0.05, 0) is 18.2 Å². The summed E-state index contributed by atoms with van der Waals surface area (Å²) in [7, 11) is -4.93. The van der Waals surface area contributed by atoms with Crippen LogP contribution < -0.4 is 10.5 Å². The molecular weight excluding hydrogens is 279 g/mol. The number of hydrogen-bond acceptors (Lipinski definition) is 4. The molecule has 18 heavy (non-hydrogen) atoms. The lowest BCUT2D eigenvalue weighted by molar-refractivity contribution is 0.580. The second kappa shape index (κ2) is 6.26. The Morgan fingerprint density at radius 2 is 2.11 bits per heavy atom. The summed E-state index contributed by atoms with van der Waals surface area (Å²) in [5, 5.41) is 0. The third-order valence-corrected chi connectivity index (χ3v) is 5.03. The van der Waals surface area contributed by atoms with Gasteiger partial charge < -0.3 is 5.73 Å². The van der Waals surface area contributed by atoms with Gasteiger partial charge in [0.1, 0.15) is 10.7 Å². The van der Waals surface area contributed by atoms with Crippen LogP contribution in [0.4, 0.5) is 10.1 Å². The molecule has 0 fully saturated rings. The number of hydrogen-bond donors (Lipinski definition) is 2. The Bertz CT molecular complexity index is 546. The number of benzene rings is 1. The molecule has 0 bridgehead atoms. The normalized spacial score (nSPS) is 13.4. The van der Waals surface area contributed by atoms with Crippen LogP contribution in [0.2, 0.25) is 0 Å². The van der Waals surface area contributed by atoms with Crippen LogP contribution >= 0.6 is 0 Å². The minimum atomic E-state index is -3.87. The van der Waals surface area contributed by atoms with E-state index < -0.39 is 26.6 Å². The van der Waals surface area contributed by atoms with E-state index in [9.17, 15) is 17.0 Å². The second-order valence-corrected chi connectivity index (χ2v) is 7.11. The lowest BCUT2D eigenvalue weighted by atomic mass is 10.3. The van der Waals surface area contributed by atoms with E-state index in [1.54, 1.807) is 6.92 Å². The molecular formula is C10H15FN2O3S2. The van der Waals surface area contributed by atoms with Gasteiger partial charge in [0.05, 0.1) is 5.69 Å². The number of nitrogens with two attached hydrogens (primary N) is 1. The maximum atomic E-state index is 13.0. The number of anilines is 1. The van der Waals surface area contributed by atoms with Crippen LogP contribution in [0.15, 0.2) is 23.1 Å². The van der Waals surface area contributed by atoms with Gasteiger partial charge in [0.25, 0.3) is 0 Å². The highest BCUT2D eigenvalue weighted by atomic mass is 32.2. The summed E-state index contributed by atoms with van der Waals surface area (Å²) in [5.74, 6) is -0.00359. The summed E-state index contributed by atoms with van der Waals surface area (Å²) < 4.78 is 50.0. The molecule has 3 N–H and O–H groups in total. The standard InChI is InChI=1S/C10H15FN2O3S2/c1-2-17(14)6-5-13-18(15,16)10-7-8(11)3-4-9(10)12/h3-4,7,13H,2,5-6,12H2,1H3. The van der Waals surface area contributed by atoms with Gasteiger partial charge in [0.2, 0.25) is 10.0 Å². The van der Waals surface area contributed by atoms with Crippen molar-refractivity contribution in [1.82, 2.24) is 4.72 Å². The first-order valence-electron chi connectivity index (χ1n) is 5.26. The largest absolute Gasteiger partial charge is 0.398 e. The van der Waals surface area contributed by atoms with E-state index in [4.69, 9.17) is 5.73 Å². The zero-order valence-electron chi connectivity index (χ0n) is 9.85. The van der Waals surface area contributed by atoms with Gasteiger partial charge in [-0.3, -0.25) is 4.21 Å². The van der Waals surface area contributed by atoms with Crippen molar-refractivity contribution in [3.05, 3.63) is 24.0 Å². The van der Waals surface area contributed by atoms with Crippen LogP contribution in [0.25, 0.3) is 0 Å². The fourth-order valence-electron chi connectivity index (χ4n) is 1.25. The fourth-order valence-corrected chi connectivity index (χ4v) is 3.17. The SMILES string of the molecule is CCS(=O)CCNS(=O)(=O)c1cc(F)ccc1N. The molecule has 1 aromatic carbocycles. The van der Waals surface area contributed by atoms with E-state index in [0.717, 1.165) is 12.1 Å². The van der Waals surface area contributed by atoms with Crippen LogP contribution in [-0.2, 0) is 20.8 Å². The second-order valence-electron chi connectivity index (χ2n) is 3.51. The summed E-state index contributed by atoms with van der Waals surface area (Å²) in [5.41, 5.74) is 5.46. The average Bonchev–Trinajstić information content (AvgIpc) is 2.31. The van der Waals surface area contributed by atoms with Gasteiger partial charge in [-0.25, -0.2) is 17.5 Å². The number of halogens is 1. The minimum Gasteiger partial charge on any atom is -0.398 e. The Labute approximate surface area is 108 Å². The molecule has 0 spiro atoms. The molecule has 8 heteroatoms. The Kier molecular flexibility index (Phi) is 5.24. The Morgan fingerprint density at radius 3 is 2.72 bits per heavy atom. The summed E-state index contributed by atoms with van der Waals surface area (Å²) in [4.78, 5) is -0.301. The third kappa shape index (κ3) is 4.04. The molecule has 0 aromatic heterocycles. The van der Waals surface area contributed by atoms with Crippen molar-refractivity contribution >= 4 is 26.5 Å². The highest BCUT2D eigenvalue weighted by molar-refractivity contribution is 7.89. The molecule has 0 saturated carbocycles. The van der Waals surface area contributed by atoms with Crippen molar-refractivity contribution in [2.24, 2.45) is 0 Å². The van der Waals surface area contributed by atoms with E-state index in [1.807, 2.05) is 0 Å². The molecule has 0 aliphatic carbocycles. The van der Waals surface area contributed by atoms with E-state index in [2.05, 4.69) is 4.72 Å². The Hall–Kier alpha value is -0.990. The first-order valence-corrected chi connectivity index (χ1v) is 8.23. The number of sulfonamides is 1. The molecule has 0 aliphatic rings. The van der Waals surface area contributed by atoms with Crippen molar-refractivity contribution < 1.29 is 17.0 Å². The lowest BCUT2D eigenvalue weighted by Crippen LogP contribution is -2.28. The maximum absolute atomic E-state index is 13.0. The van der Waals surface area contributed by atoms with Crippen molar-refractivity contribution in [3.8, 4) is 0 Å². The van der Waals surface area contributed by atoms with Gasteiger partial charge in [-0.2, -0.15) is 0 Å². The van der Waals surface area contributed by atoms with Crippen LogP contribution in [0.1, 0.15) is 6.92 Å². The molecule has 0 heterocycles. The molecule has 102 valence electrons. The predicted octanol–water partition coefficient (Wildman–Crippen LogP) is 0.455. The summed E-state index contributed by atoms with van der Waals surface area (Å²) in [6.07, 6.45) is 0. The average molecular weight is 294 g/mol. The molecule has 1 unspecified atom stereocenters. The highest BCUT2D eigenvalue weighted by Crippen LogP contribution is 2.18. The van der Waals surface area contributed by atoms with Gasteiger partial charge >= 0.3 is 0 Å². The van der Waals surface area contributed by atoms with Crippen molar-refractivity contribution in [1.29, 1.82) is 0 Å². The van der Waals surface area contributed by atoms with Gasteiger partial charge in [-0.15, -0.1) is 0 Å². The van der Waals surface area contributed by atoms with E-state index in [1.165, 1.54) is 6.07 Å². The highest BCUT2D eigenvalue weighted by Gasteiger charge is 2.17. The number of rotatable bonds is 6. The molecule has 0 saturated heterocycles. The van der Waals surface area contributed by atoms with Crippen molar-refractivity contribution in [2.75, 3.05) is 23.8 Å². The zero-order chi connectivity index (χ0) is 13.8. The predicted molar refractivity (Wildman–Crippen MR) is 69.6 cm³/mol. The van der Waals surface area contributed by atoms with E-state index in [0.29, 0.717) is 5.75 Å². The summed E-state index contributed by atoms with van der Waals surface area (Å²) in [6.45, 7) is 1.77. The van der Waals surface area contributed by atoms with Crippen LogP contribution in [0.3, 0.4) is 0 Å².